The van der Waals surface area contributed by atoms with Gasteiger partial charge in [0.1, 0.15) is 0 Å². The number of rotatable bonds is 29. The first-order valence-corrected chi connectivity index (χ1v) is 16.4. The molecule has 0 bridgehead atoms. The van der Waals surface area contributed by atoms with Crippen molar-refractivity contribution in [2.24, 2.45) is 0 Å². The molecule has 4 nitrogen and oxygen atoms in total. The summed E-state index contributed by atoms with van der Waals surface area (Å²) in [6.07, 6.45) is 37.9. The van der Waals surface area contributed by atoms with Crippen LogP contribution in [0.15, 0.2) is 24.7 Å². The van der Waals surface area contributed by atoms with Crippen molar-refractivity contribution in [2.45, 2.75) is 181 Å². The number of esters is 2. The second-order valence-electron chi connectivity index (χ2n) is 10.9. The molecule has 0 fully saturated rings. The van der Waals surface area contributed by atoms with Gasteiger partial charge in [0.05, 0.1) is 25.4 Å². The van der Waals surface area contributed by atoms with Gasteiger partial charge >= 0.3 is 11.9 Å². The summed E-state index contributed by atoms with van der Waals surface area (Å²) in [4.78, 5) is 23.5. The van der Waals surface area contributed by atoms with E-state index in [0.717, 1.165) is 25.7 Å². The van der Waals surface area contributed by atoms with Crippen molar-refractivity contribution in [3.63, 3.8) is 0 Å². The van der Waals surface area contributed by atoms with Crippen molar-refractivity contribution in [3.8, 4) is 0 Å². The summed E-state index contributed by atoms with van der Waals surface area (Å²) in [5, 5.41) is 0. The average molecular weight is 535 g/mol. The van der Waals surface area contributed by atoms with Gasteiger partial charge in [0, 0.05) is 0 Å². The van der Waals surface area contributed by atoms with Crippen molar-refractivity contribution in [3.05, 3.63) is 24.7 Å². The summed E-state index contributed by atoms with van der Waals surface area (Å²) in [6.45, 7) is 4.52. The molecule has 0 aliphatic carbocycles. The lowest BCUT2D eigenvalue weighted by molar-refractivity contribution is -0.144. The van der Waals surface area contributed by atoms with Gasteiger partial charge in [0.25, 0.3) is 0 Å². The van der Waals surface area contributed by atoms with Crippen molar-refractivity contribution in [2.75, 3.05) is 0 Å². The molecule has 0 N–H and O–H groups in total. The van der Waals surface area contributed by atoms with Crippen LogP contribution in [-0.2, 0) is 19.1 Å². The molecule has 0 aliphatic heterocycles. The highest BCUT2D eigenvalue weighted by atomic mass is 16.5. The summed E-state index contributed by atoms with van der Waals surface area (Å²) >= 11 is 0. The van der Waals surface area contributed by atoms with Crippen LogP contribution in [0.2, 0.25) is 0 Å². The zero-order valence-corrected chi connectivity index (χ0v) is 25.3. The highest BCUT2D eigenvalue weighted by Gasteiger charge is 2.07. The molecule has 4 heteroatoms. The van der Waals surface area contributed by atoms with Crippen LogP contribution in [0.25, 0.3) is 0 Å². The fourth-order valence-corrected chi connectivity index (χ4v) is 4.56. The average Bonchev–Trinajstić information content (AvgIpc) is 2.92. The standard InChI is InChI=1S/C34H62O4/c1-3-5-7-9-11-13-15-17-19-21-23-25-27-31-37-33(35)29-30-34(36)38-32-28-26-24-22-20-18-16-14-12-10-8-6-4-2/h27-28,31-32H,3-26,29-30H2,1-2H3. The minimum Gasteiger partial charge on any atom is -0.435 e. The lowest BCUT2D eigenvalue weighted by Crippen LogP contribution is -2.06. The molecule has 0 radical (unpaired) electrons. The Hall–Kier alpha value is -1.58. The Balaban J connectivity index is 3.42. The molecule has 0 heterocycles. The Bertz CT molecular complexity index is 517. The van der Waals surface area contributed by atoms with E-state index >= 15 is 0 Å². The van der Waals surface area contributed by atoms with Crippen LogP contribution in [0.1, 0.15) is 181 Å². The van der Waals surface area contributed by atoms with Gasteiger partial charge < -0.3 is 9.47 Å². The van der Waals surface area contributed by atoms with Gasteiger partial charge in [0.2, 0.25) is 0 Å². The van der Waals surface area contributed by atoms with Gasteiger partial charge in [-0.2, -0.15) is 0 Å². The quantitative estimate of drug-likeness (QED) is 0.0544. The molecule has 222 valence electrons. The van der Waals surface area contributed by atoms with E-state index in [1.54, 1.807) is 0 Å². The van der Waals surface area contributed by atoms with Gasteiger partial charge in [-0.3, -0.25) is 9.59 Å². The number of hydrogen-bond donors (Lipinski definition) is 0. The van der Waals surface area contributed by atoms with Gasteiger partial charge in [0.15, 0.2) is 0 Å². The van der Waals surface area contributed by atoms with Crippen LogP contribution >= 0.6 is 0 Å². The molecule has 0 aromatic carbocycles. The molecule has 0 amide bonds. The van der Waals surface area contributed by atoms with Crippen LogP contribution in [0.3, 0.4) is 0 Å². The first kappa shape index (κ1) is 36.4. The molecule has 0 aromatic rings. The topological polar surface area (TPSA) is 52.6 Å². The van der Waals surface area contributed by atoms with Gasteiger partial charge in [-0.1, -0.05) is 142 Å². The predicted molar refractivity (Wildman–Crippen MR) is 162 cm³/mol. The van der Waals surface area contributed by atoms with E-state index in [1.165, 1.54) is 141 Å². The fraction of sp³-hybridized carbons (Fsp3) is 0.824. The number of carbonyl (C=O) groups excluding carboxylic acids is 2. The molecule has 0 aliphatic rings. The first-order chi connectivity index (χ1) is 18.7. The van der Waals surface area contributed by atoms with Crippen molar-refractivity contribution in [1.82, 2.24) is 0 Å². The van der Waals surface area contributed by atoms with Crippen molar-refractivity contribution in [1.29, 1.82) is 0 Å². The molecular formula is C34H62O4. The number of unbranched alkanes of at least 4 members (excludes halogenated alkanes) is 22. The summed E-state index contributed by atoms with van der Waals surface area (Å²) in [6, 6.07) is 0. The van der Waals surface area contributed by atoms with E-state index in [9.17, 15) is 9.59 Å². The van der Waals surface area contributed by atoms with Crippen LogP contribution in [0.4, 0.5) is 0 Å². The first-order valence-electron chi connectivity index (χ1n) is 16.4. The molecular weight excluding hydrogens is 472 g/mol. The van der Waals surface area contributed by atoms with Crippen LogP contribution in [0.5, 0.6) is 0 Å². The second kappa shape index (κ2) is 31.6. The maximum Gasteiger partial charge on any atom is 0.311 e. The van der Waals surface area contributed by atoms with E-state index in [4.69, 9.17) is 9.47 Å². The zero-order valence-electron chi connectivity index (χ0n) is 25.3. The zero-order chi connectivity index (χ0) is 27.8. The Kier molecular flexibility index (Phi) is 30.3. The molecule has 0 saturated carbocycles. The van der Waals surface area contributed by atoms with E-state index in [1.807, 2.05) is 12.2 Å². The van der Waals surface area contributed by atoms with Gasteiger partial charge in [-0.15, -0.1) is 0 Å². The maximum atomic E-state index is 11.8. The van der Waals surface area contributed by atoms with E-state index in [2.05, 4.69) is 13.8 Å². The molecule has 0 atom stereocenters. The third-order valence-electron chi connectivity index (χ3n) is 7.07. The summed E-state index contributed by atoms with van der Waals surface area (Å²) < 4.78 is 10.1. The number of hydrogen-bond acceptors (Lipinski definition) is 4. The minimum atomic E-state index is -0.387. The summed E-state index contributed by atoms with van der Waals surface area (Å²) in [7, 11) is 0. The van der Waals surface area contributed by atoms with Crippen molar-refractivity contribution < 1.29 is 19.1 Å². The van der Waals surface area contributed by atoms with Gasteiger partial charge in [-0.05, 0) is 37.8 Å². The second-order valence-corrected chi connectivity index (χ2v) is 10.9. The third-order valence-corrected chi connectivity index (χ3v) is 7.07. The molecule has 0 saturated heterocycles. The Morgan fingerprint density at radius 1 is 0.421 bits per heavy atom. The molecule has 0 spiro atoms. The SMILES string of the molecule is CCCCCCCCCCCCCC=COC(=O)CCC(=O)OC=CCCCCCCCCCCCCC. The minimum absolute atomic E-state index is 0.0497. The number of ether oxygens (including phenoxy) is 2. The van der Waals surface area contributed by atoms with Crippen molar-refractivity contribution >= 4 is 11.9 Å². The molecule has 0 aromatic heterocycles. The lowest BCUT2D eigenvalue weighted by atomic mass is 10.1. The van der Waals surface area contributed by atoms with E-state index < -0.39 is 0 Å². The van der Waals surface area contributed by atoms with Crippen LogP contribution in [0, 0.1) is 0 Å². The number of allylic oxidation sites excluding steroid dienone is 2. The molecule has 0 rings (SSSR count). The monoisotopic (exact) mass is 534 g/mol. The normalized spacial score (nSPS) is 11.5. The fourth-order valence-electron chi connectivity index (χ4n) is 4.56. The van der Waals surface area contributed by atoms with E-state index in [-0.39, 0.29) is 24.8 Å². The Labute approximate surface area is 236 Å². The highest BCUT2D eigenvalue weighted by molar-refractivity contribution is 5.78. The number of carbonyl (C=O) groups is 2. The third kappa shape index (κ3) is 30.6. The smallest absolute Gasteiger partial charge is 0.311 e. The highest BCUT2D eigenvalue weighted by Crippen LogP contribution is 2.13. The summed E-state index contributed by atoms with van der Waals surface area (Å²) in [5.74, 6) is -0.774. The largest absolute Gasteiger partial charge is 0.435 e. The van der Waals surface area contributed by atoms with Crippen LogP contribution < -0.4 is 0 Å². The Morgan fingerprint density at radius 2 is 0.684 bits per heavy atom. The van der Waals surface area contributed by atoms with Crippen LogP contribution in [-0.4, -0.2) is 11.9 Å². The lowest BCUT2D eigenvalue weighted by Gasteiger charge is -2.02. The summed E-state index contributed by atoms with van der Waals surface area (Å²) in [5.41, 5.74) is 0. The van der Waals surface area contributed by atoms with Gasteiger partial charge in [-0.25, -0.2) is 0 Å². The van der Waals surface area contributed by atoms with E-state index in [0.29, 0.717) is 0 Å². The molecule has 38 heavy (non-hydrogen) atoms. The Morgan fingerprint density at radius 3 is 0.974 bits per heavy atom. The molecule has 0 unspecified atom stereocenters. The maximum absolute atomic E-state index is 11.8. The predicted octanol–water partition coefficient (Wildman–Crippen LogP) is 11.3.